The molecule has 1 rings (SSSR count). The van der Waals surface area contributed by atoms with Crippen LogP contribution in [-0.2, 0) is 10.0 Å². The molecule has 1 atom stereocenters. The van der Waals surface area contributed by atoms with Gasteiger partial charge in [-0.3, -0.25) is 16.0 Å². The van der Waals surface area contributed by atoms with Crippen molar-refractivity contribution in [3.8, 4) is 0 Å². The van der Waals surface area contributed by atoms with Crippen LogP contribution >= 0.6 is 0 Å². The number of nitro groups is 1. The Bertz CT molecular complexity index is 617. The van der Waals surface area contributed by atoms with E-state index >= 15 is 0 Å². The summed E-state index contributed by atoms with van der Waals surface area (Å²) in [5.41, 5.74) is 1.96. The highest BCUT2D eigenvalue weighted by Crippen LogP contribution is 2.29. The molecule has 0 spiro atoms. The molecular weight excluding hydrogens is 300 g/mol. The van der Waals surface area contributed by atoms with Crippen LogP contribution in [0.3, 0.4) is 0 Å². The first-order valence-corrected chi connectivity index (χ1v) is 7.53. The highest BCUT2D eigenvalue weighted by atomic mass is 32.2. The summed E-state index contributed by atoms with van der Waals surface area (Å²) >= 11 is 0. The van der Waals surface area contributed by atoms with Gasteiger partial charge >= 0.3 is 0 Å². The number of nitrogens with one attached hydrogen (secondary N) is 1. The summed E-state index contributed by atoms with van der Waals surface area (Å²) in [5.74, 6) is 5.20. The molecule has 0 radical (unpaired) electrons. The highest BCUT2D eigenvalue weighted by molar-refractivity contribution is 7.89. The Morgan fingerprint density at radius 3 is 2.62 bits per heavy atom. The van der Waals surface area contributed by atoms with E-state index in [0.29, 0.717) is 0 Å². The van der Waals surface area contributed by atoms with Crippen LogP contribution in [0.15, 0.2) is 23.1 Å². The van der Waals surface area contributed by atoms with Gasteiger partial charge in [0.1, 0.15) is 0 Å². The standard InChI is InChI=1S/C11H18N4O5S/c1-8(16)5-6-14(2)21(19,20)11-7-9(13-12)3-4-10(11)15(17)18/h3-4,7-8,13,16H,5-6,12H2,1-2H3. The number of nitro benzene ring substituents is 1. The molecule has 0 aromatic heterocycles. The molecule has 0 bridgehead atoms. The average molecular weight is 318 g/mol. The van der Waals surface area contributed by atoms with Crippen molar-refractivity contribution in [2.75, 3.05) is 19.0 Å². The van der Waals surface area contributed by atoms with Gasteiger partial charge in [-0.25, -0.2) is 12.7 Å². The van der Waals surface area contributed by atoms with E-state index in [1.165, 1.54) is 20.0 Å². The van der Waals surface area contributed by atoms with Crippen molar-refractivity contribution in [3.63, 3.8) is 0 Å². The van der Waals surface area contributed by atoms with Crippen LogP contribution in [0.25, 0.3) is 0 Å². The van der Waals surface area contributed by atoms with Crippen molar-refractivity contribution < 1.29 is 18.4 Å². The van der Waals surface area contributed by atoms with Crippen LogP contribution in [0.5, 0.6) is 0 Å². The zero-order valence-corrected chi connectivity index (χ0v) is 12.5. The maximum absolute atomic E-state index is 12.4. The first kappa shape index (κ1) is 17.3. The first-order chi connectivity index (χ1) is 9.70. The SMILES string of the molecule is CC(O)CCN(C)S(=O)(=O)c1cc(NN)ccc1[N+](=O)[O-]. The molecule has 1 aromatic rings. The molecule has 0 saturated heterocycles. The lowest BCUT2D eigenvalue weighted by Crippen LogP contribution is -2.30. The second kappa shape index (κ2) is 6.80. The van der Waals surface area contributed by atoms with Crippen LogP contribution < -0.4 is 11.3 Å². The van der Waals surface area contributed by atoms with Gasteiger partial charge in [-0.15, -0.1) is 0 Å². The maximum atomic E-state index is 12.4. The van der Waals surface area contributed by atoms with Gasteiger partial charge in [0.2, 0.25) is 10.0 Å². The fraction of sp³-hybridized carbons (Fsp3) is 0.455. The zero-order chi connectivity index (χ0) is 16.2. The third-order valence-electron chi connectivity index (χ3n) is 2.87. The minimum Gasteiger partial charge on any atom is -0.393 e. The fourth-order valence-corrected chi connectivity index (χ4v) is 2.98. The van der Waals surface area contributed by atoms with Crippen molar-refractivity contribution in [2.24, 2.45) is 5.84 Å². The maximum Gasteiger partial charge on any atom is 0.289 e. The molecule has 0 aliphatic rings. The van der Waals surface area contributed by atoms with Gasteiger partial charge in [-0.05, 0) is 25.5 Å². The largest absolute Gasteiger partial charge is 0.393 e. The van der Waals surface area contributed by atoms with E-state index in [4.69, 9.17) is 5.84 Å². The van der Waals surface area contributed by atoms with Crippen LogP contribution in [0.2, 0.25) is 0 Å². The quantitative estimate of drug-likeness (QED) is 0.372. The molecule has 118 valence electrons. The molecule has 9 nitrogen and oxygen atoms in total. The van der Waals surface area contributed by atoms with E-state index in [-0.39, 0.29) is 18.7 Å². The number of nitrogen functional groups attached to an aromatic ring is 1. The van der Waals surface area contributed by atoms with Gasteiger partial charge < -0.3 is 10.5 Å². The Balaban J connectivity index is 3.25. The number of sulfonamides is 1. The Labute approximate surface area is 122 Å². The smallest absolute Gasteiger partial charge is 0.289 e. The Kier molecular flexibility index (Phi) is 5.61. The van der Waals surface area contributed by atoms with Crippen LogP contribution in [0.1, 0.15) is 13.3 Å². The molecule has 0 saturated carbocycles. The fourth-order valence-electron chi connectivity index (χ4n) is 1.62. The van der Waals surface area contributed by atoms with Gasteiger partial charge in [0.15, 0.2) is 4.90 Å². The predicted octanol–water partition coefficient (Wildman–Crippen LogP) is 0.272. The van der Waals surface area contributed by atoms with Crippen molar-refractivity contribution in [1.29, 1.82) is 0 Å². The van der Waals surface area contributed by atoms with Gasteiger partial charge in [0, 0.05) is 19.7 Å². The predicted molar refractivity (Wildman–Crippen MR) is 77.0 cm³/mol. The summed E-state index contributed by atoms with van der Waals surface area (Å²) in [6, 6.07) is 3.49. The molecule has 0 aliphatic heterocycles. The van der Waals surface area contributed by atoms with Crippen molar-refractivity contribution in [2.45, 2.75) is 24.3 Å². The monoisotopic (exact) mass is 318 g/mol. The summed E-state index contributed by atoms with van der Waals surface area (Å²) in [6.07, 6.45) is -0.451. The van der Waals surface area contributed by atoms with Crippen LogP contribution in [-0.4, -0.2) is 42.4 Å². The first-order valence-electron chi connectivity index (χ1n) is 6.09. The lowest BCUT2D eigenvalue weighted by atomic mass is 10.3. The van der Waals surface area contributed by atoms with Crippen molar-refractivity contribution in [3.05, 3.63) is 28.3 Å². The number of rotatable bonds is 7. The van der Waals surface area contributed by atoms with Crippen LogP contribution in [0.4, 0.5) is 11.4 Å². The van der Waals surface area contributed by atoms with Gasteiger partial charge in [-0.1, -0.05) is 0 Å². The minimum atomic E-state index is -4.06. The molecule has 1 unspecified atom stereocenters. The number of hydrogen-bond acceptors (Lipinski definition) is 7. The number of hydrazine groups is 1. The summed E-state index contributed by atoms with van der Waals surface area (Å²) in [6.45, 7) is 1.57. The lowest BCUT2D eigenvalue weighted by Gasteiger charge is -2.18. The molecule has 0 fully saturated rings. The molecule has 4 N–H and O–H groups in total. The topological polar surface area (TPSA) is 139 Å². The van der Waals surface area contributed by atoms with Gasteiger partial charge in [0.25, 0.3) is 5.69 Å². The molecule has 21 heavy (non-hydrogen) atoms. The molecule has 1 aromatic carbocycles. The average Bonchev–Trinajstić information content (AvgIpc) is 2.43. The summed E-state index contributed by atoms with van der Waals surface area (Å²) < 4.78 is 25.8. The number of aliphatic hydroxyl groups excluding tert-OH is 1. The number of anilines is 1. The number of nitrogens with zero attached hydrogens (tertiary/aromatic N) is 2. The van der Waals surface area contributed by atoms with E-state index in [0.717, 1.165) is 16.4 Å². The molecule has 0 amide bonds. The van der Waals surface area contributed by atoms with Gasteiger partial charge in [0.05, 0.1) is 16.7 Å². The molecule has 0 aliphatic carbocycles. The summed E-state index contributed by atoms with van der Waals surface area (Å²) in [7, 11) is -2.76. The minimum absolute atomic E-state index is 0.0391. The number of aliphatic hydroxyl groups is 1. The van der Waals surface area contributed by atoms with Gasteiger partial charge in [-0.2, -0.15) is 0 Å². The number of hydrogen-bond donors (Lipinski definition) is 3. The van der Waals surface area contributed by atoms with E-state index in [1.54, 1.807) is 0 Å². The van der Waals surface area contributed by atoms with Crippen molar-refractivity contribution in [1.82, 2.24) is 4.31 Å². The van der Waals surface area contributed by atoms with E-state index in [1.807, 2.05) is 0 Å². The normalized spacial score (nSPS) is 13.2. The third-order valence-corrected chi connectivity index (χ3v) is 4.76. The summed E-state index contributed by atoms with van der Waals surface area (Å²) in [5, 5.41) is 20.2. The van der Waals surface area contributed by atoms with E-state index in [2.05, 4.69) is 5.43 Å². The number of benzene rings is 1. The molecule has 10 heteroatoms. The second-order valence-electron chi connectivity index (χ2n) is 4.55. The Morgan fingerprint density at radius 1 is 1.52 bits per heavy atom. The second-order valence-corrected chi connectivity index (χ2v) is 6.56. The zero-order valence-electron chi connectivity index (χ0n) is 11.7. The number of nitrogens with two attached hydrogens (primary N) is 1. The highest BCUT2D eigenvalue weighted by Gasteiger charge is 2.29. The Hall–Kier alpha value is -1.75. The summed E-state index contributed by atoms with van der Waals surface area (Å²) in [4.78, 5) is 9.77. The molecular formula is C11H18N4O5S. The Morgan fingerprint density at radius 2 is 2.14 bits per heavy atom. The van der Waals surface area contributed by atoms with Crippen LogP contribution in [0, 0.1) is 10.1 Å². The van der Waals surface area contributed by atoms with Crippen molar-refractivity contribution >= 4 is 21.4 Å². The third kappa shape index (κ3) is 4.11. The molecule has 0 heterocycles. The van der Waals surface area contributed by atoms with E-state index in [9.17, 15) is 23.6 Å². The van der Waals surface area contributed by atoms with E-state index < -0.39 is 31.6 Å². The lowest BCUT2D eigenvalue weighted by molar-refractivity contribution is -0.387.